The number of thioether (sulfide) groups is 1. The van der Waals surface area contributed by atoms with Crippen LogP contribution in [0.3, 0.4) is 0 Å². The van der Waals surface area contributed by atoms with Crippen LogP contribution in [0, 0.1) is 0 Å². The molecule has 4 heteroatoms. The molecule has 0 aromatic heterocycles. The summed E-state index contributed by atoms with van der Waals surface area (Å²) in [4.78, 5) is 5.10. The summed E-state index contributed by atoms with van der Waals surface area (Å²) in [5.74, 6) is 0. The molecule has 16 heavy (non-hydrogen) atoms. The van der Waals surface area contributed by atoms with E-state index in [4.69, 9.17) is 0 Å². The van der Waals surface area contributed by atoms with Crippen molar-refractivity contribution >= 4 is 11.8 Å². The molecular formula is C12H25N3S. The highest BCUT2D eigenvalue weighted by molar-refractivity contribution is 7.99. The summed E-state index contributed by atoms with van der Waals surface area (Å²) in [6.07, 6.45) is 5.02. The van der Waals surface area contributed by atoms with Gasteiger partial charge in [0.1, 0.15) is 0 Å². The predicted molar refractivity (Wildman–Crippen MR) is 72.2 cm³/mol. The van der Waals surface area contributed by atoms with E-state index >= 15 is 0 Å². The average molecular weight is 243 g/mol. The second kappa shape index (κ2) is 5.71. The second-order valence-corrected chi connectivity index (χ2v) is 6.37. The van der Waals surface area contributed by atoms with E-state index in [9.17, 15) is 0 Å². The quantitative estimate of drug-likeness (QED) is 0.784. The Morgan fingerprint density at radius 1 is 1.38 bits per heavy atom. The largest absolute Gasteiger partial charge is 0.314 e. The van der Waals surface area contributed by atoms with Crippen molar-refractivity contribution in [1.82, 2.24) is 15.1 Å². The van der Waals surface area contributed by atoms with Crippen LogP contribution < -0.4 is 5.32 Å². The molecule has 3 atom stereocenters. The lowest BCUT2D eigenvalue weighted by Crippen LogP contribution is -2.48. The molecule has 0 bridgehead atoms. The van der Waals surface area contributed by atoms with E-state index in [0.717, 1.165) is 17.3 Å². The Morgan fingerprint density at radius 3 is 2.88 bits per heavy atom. The molecule has 0 aromatic rings. The van der Waals surface area contributed by atoms with Gasteiger partial charge in [-0.05, 0) is 39.7 Å². The van der Waals surface area contributed by atoms with E-state index in [1.165, 1.54) is 39.0 Å². The SMILES string of the molecule is CSC1CNCC1N1CCCC1CN(C)C. The van der Waals surface area contributed by atoms with Crippen molar-refractivity contribution in [2.45, 2.75) is 30.2 Å². The summed E-state index contributed by atoms with van der Waals surface area (Å²) in [6, 6.07) is 1.55. The maximum atomic E-state index is 3.55. The molecule has 3 unspecified atom stereocenters. The van der Waals surface area contributed by atoms with Gasteiger partial charge in [-0.2, -0.15) is 11.8 Å². The molecule has 0 radical (unpaired) electrons. The fraction of sp³-hybridized carbons (Fsp3) is 1.00. The maximum absolute atomic E-state index is 3.55. The topological polar surface area (TPSA) is 18.5 Å². The lowest BCUT2D eigenvalue weighted by Gasteiger charge is -2.34. The van der Waals surface area contributed by atoms with Crippen LogP contribution >= 0.6 is 11.8 Å². The zero-order valence-electron chi connectivity index (χ0n) is 10.8. The van der Waals surface area contributed by atoms with E-state index in [0.29, 0.717) is 0 Å². The monoisotopic (exact) mass is 243 g/mol. The minimum atomic E-state index is 0.766. The second-order valence-electron chi connectivity index (χ2n) is 5.30. The minimum Gasteiger partial charge on any atom is -0.314 e. The molecule has 0 aliphatic carbocycles. The molecule has 0 aromatic carbocycles. The van der Waals surface area contributed by atoms with Gasteiger partial charge in [0.15, 0.2) is 0 Å². The molecular weight excluding hydrogens is 218 g/mol. The van der Waals surface area contributed by atoms with E-state index in [-0.39, 0.29) is 0 Å². The molecule has 2 rings (SSSR count). The Balaban J connectivity index is 1.96. The zero-order valence-corrected chi connectivity index (χ0v) is 11.6. The average Bonchev–Trinajstić information content (AvgIpc) is 2.83. The maximum Gasteiger partial charge on any atom is 0.0355 e. The van der Waals surface area contributed by atoms with Crippen molar-refractivity contribution in [1.29, 1.82) is 0 Å². The summed E-state index contributed by atoms with van der Waals surface area (Å²) >= 11 is 2.03. The smallest absolute Gasteiger partial charge is 0.0355 e. The highest BCUT2D eigenvalue weighted by Gasteiger charge is 2.37. The fourth-order valence-electron chi connectivity index (χ4n) is 3.12. The molecule has 2 heterocycles. The first-order valence-corrected chi connectivity index (χ1v) is 7.65. The molecule has 0 saturated carbocycles. The third kappa shape index (κ3) is 2.73. The molecule has 2 fully saturated rings. The van der Waals surface area contributed by atoms with Gasteiger partial charge in [0, 0.05) is 37.0 Å². The number of hydrogen-bond acceptors (Lipinski definition) is 4. The molecule has 1 N–H and O–H groups in total. The third-order valence-corrected chi connectivity index (χ3v) is 4.94. The van der Waals surface area contributed by atoms with Gasteiger partial charge in [-0.1, -0.05) is 0 Å². The van der Waals surface area contributed by atoms with Crippen LogP contribution in [-0.4, -0.2) is 73.7 Å². The molecule has 94 valence electrons. The molecule has 3 nitrogen and oxygen atoms in total. The number of likely N-dealkylation sites (N-methyl/N-ethyl adjacent to an activating group) is 1. The van der Waals surface area contributed by atoms with Crippen LogP contribution in [-0.2, 0) is 0 Å². The van der Waals surface area contributed by atoms with Crippen molar-refractivity contribution in [3.8, 4) is 0 Å². The van der Waals surface area contributed by atoms with Crippen molar-refractivity contribution in [2.75, 3.05) is 46.5 Å². The Kier molecular flexibility index (Phi) is 4.53. The number of nitrogens with one attached hydrogen (secondary N) is 1. The van der Waals surface area contributed by atoms with Gasteiger partial charge < -0.3 is 10.2 Å². The highest BCUT2D eigenvalue weighted by atomic mass is 32.2. The molecule has 2 saturated heterocycles. The van der Waals surface area contributed by atoms with Crippen molar-refractivity contribution in [2.24, 2.45) is 0 Å². The van der Waals surface area contributed by atoms with Gasteiger partial charge in [0.25, 0.3) is 0 Å². The van der Waals surface area contributed by atoms with Crippen LogP contribution in [0.4, 0.5) is 0 Å². The summed E-state index contributed by atoms with van der Waals surface area (Å²) in [5.41, 5.74) is 0. The Labute approximate surface area is 104 Å². The van der Waals surface area contributed by atoms with E-state index in [2.05, 4.69) is 35.5 Å². The number of nitrogens with zero attached hydrogens (tertiary/aromatic N) is 2. The van der Waals surface area contributed by atoms with Crippen molar-refractivity contribution in [3.63, 3.8) is 0 Å². The Bertz CT molecular complexity index is 222. The first-order chi connectivity index (χ1) is 7.72. The number of hydrogen-bond donors (Lipinski definition) is 1. The number of rotatable bonds is 4. The first kappa shape index (κ1) is 12.7. The molecule has 0 spiro atoms. The highest BCUT2D eigenvalue weighted by Crippen LogP contribution is 2.27. The van der Waals surface area contributed by atoms with Gasteiger partial charge in [-0.3, -0.25) is 4.90 Å². The first-order valence-electron chi connectivity index (χ1n) is 6.36. The lowest BCUT2D eigenvalue weighted by molar-refractivity contribution is 0.164. The van der Waals surface area contributed by atoms with Gasteiger partial charge in [0.05, 0.1) is 0 Å². The fourth-order valence-corrected chi connectivity index (χ4v) is 3.98. The van der Waals surface area contributed by atoms with Gasteiger partial charge in [-0.25, -0.2) is 0 Å². The van der Waals surface area contributed by atoms with Gasteiger partial charge in [-0.15, -0.1) is 0 Å². The summed E-state index contributed by atoms with van der Waals surface area (Å²) in [7, 11) is 4.38. The van der Waals surface area contributed by atoms with Crippen molar-refractivity contribution < 1.29 is 0 Å². The Hall–Kier alpha value is 0.230. The van der Waals surface area contributed by atoms with E-state index in [1.54, 1.807) is 0 Å². The Morgan fingerprint density at radius 2 is 2.19 bits per heavy atom. The van der Waals surface area contributed by atoms with Gasteiger partial charge in [0.2, 0.25) is 0 Å². The van der Waals surface area contributed by atoms with Crippen LogP contribution in [0.25, 0.3) is 0 Å². The molecule has 2 aliphatic heterocycles. The van der Waals surface area contributed by atoms with Crippen LogP contribution in [0.1, 0.15) is 12.8 Å². The van der Waals surface area contributed by atoms with Crippen LogP contribution in [0.15, 0.2) is 0 Å². The van der Waals surface area contributed by atoms with Crippen LogP contribution in [0.5, 0.6) is 0 Å². The van der Waals surface area contributed by atoms with E-state index in [1.807, 2.05) is 11.8 Å². The van der Waals surface area contributed by atoms with E-state index < -0.39 is 0 Å². The summed E-state index contributed by atoms with van der Waals surface area (Å²) in [6.45, 7) is 4.91. The third-order valence-electron chi connectivity index (χ3n) is 3.86. The molecule has 0 amide bonds. The standard InChI is InChI=1S/C12H25N3S/c1-14(2)9-10-5-4-6-15(10)11-7-13-8-12(11)16-3/h10-13H,4-9H2,1-3H3. The normalized spacial score (nSPS) is 36.4. The summed E-state index contributed by atoms with van der Waals surface area (Å²) < 4.78 is 0. The van der Waals surface area contributed by atoms with Crippen LogP contribution in [0.2, 0.25) is 0 Å². The lowest BCUT2D eigenvalue weighted by atomic mass is 10.1. The number of likely N-dealkylation sites (tertiary alicyclic amines) is 1. The van der Waals surface area contributed by atoms with Gasteiger partial charge >= 0.3 is 0 Å². The zero-order chi connectivity index (χ0) is 11.5. The predicted octanol–water partition coefficient (Wildman–Crippen LogP) is 0.716. The molecule has 2 aliphatic rings. The van der Waals surface area contributed by atoms with Crippen molar-refractivity contribution in [3.05, 3.63) is 0 Å². The minimum absolute atomic E-state index is 0.766. The summed E-state index contributed by atoms with van der Waals surface area (Å²) in [5, 5.41) is 4.34.